The summed E-state index contributed by atoms with van der Waals surface area (Å²) in [5.74, 6) is 0. The van der Waals surface area contributed by atoms with Gasteiger partial charge in [0.25, 0.3) is 0 Å². The predicted octanol–water partition coefficient (Wildman–Crippen LogP) is 4.04. The van der Waals surface area contributed by atoms with Crippen LogP contribution in [-0.2, 0) is 16.8 Å². The van der Waals surface area contributed by atoms with E-state index >= 15 is 0 Å². The third-order valence-electron chi connectivity index (χ3n) is 4.93. The molecule has 0 N–H and O–H groups in total. The van der Waals surface area contributed by atoms with Crippen LogP contribution in [0.5, 0.6) is 0 Å². The summed E-state index contributed by atoms with van der Waals surface area (Å²) >= 11 is 0. The minimum atomic E-state index is -0.566. The van der Waals surface area contributed by atoms with Crippen LogP contribution in [-0.4, -0.2) is 17.5 Å². The molecule has 2 aliphatic rings. The Balaban J connectivity index is 1.76. The number of cyclic esters (lactones) is 1. The highest BCUT2D eigenvalue weighted by Crippen LogP contribution is 2.45. The van der Waals surface area contributed by atoms with Crippen LogP contribution in [0.1, 0.15) is 36.1 Å². The first-order valence-corrected chi connectivity index (χ1v) is 7.80. The molecule has 2 heterocycles. The Hall–Kier alpha value is -2.29. The molecule has 112 valence electrons. The van der Waals surface area contributed by atoms with E-state index < -0.39 is 5.60 Å². The van der Waals surface area contributed by atoms with E-state index in [-0.39, 0.29) is 12.1 Å². The van der Waals surface area contributed by atoms with Gasteiger partial charge >= 0.3 is 6.09 Å². The van der Waals surface area contributed by atoms with Crippen molar-refractivity contribution in [2.75, 3.05) is 6.54 Å². The van der Waals surface area contributed by atoms with Crippen molar-refractivity contribution in [3.8, 4) is 0 Å². The molecule has 2 aliphatic heterocycles. The second-order valence-corrected chi connectivity index (χ2v) is 6.33. The average molecular weight is 293 g/mol. The van der Waals surface area contributed by atoms with Crippen LogP contribution in [0.15, 0.2) is 54.6 Å². The molecule has 22 heavy (non-hydrogen) atoms. The van der Waals surface area contributed by atoms with Crippen molar-refractivity contribution in [3.05, 3.63) is 71.3 Å². The fourth-order valence-electron chi connectivity index (χ4n) is 3.72. The summed E-state index contributed by atoms with van der Waals surface area (Å²) in [6, 6.07) is 18.6. The average Bonchev–Trinajstić information content (AvgIpc) is 2.55. The molecule has 0 bridgehead atoms. The van der Waals surface area contributed by atoms with Crippen molar-refractivity contribution in [3.63, 3.8) is 0 Å². The largest absolute Gasteiger partial charge is 0.438 e. The molecular formula is C19H19NO2. The number of nitrogens with zero attached hydrogens (tertiary/aromatic N) is 1. The predicted molar refractivity (Wildman–Crippen MR) is 84.5 cm³/mol. The van der Waals surface area contributed by atoms with Gasteiger partial charge in [0.1, 0.15) is 5.60 Å². The molecule has 2 aromatic carbocycles. The number of hydrogen-bond donors (Lipinski definition) is 0. The van der Waals surface area contributed by atoms with Gasteiger partial charge in [-0.15, -0.1) is 0 Å². The topological polar surface area (TPSA) is 29.5 Å². The van der Waals surface area contributed by atoms with Crippen LogP contribution in [0.25, 0.3) is 0 Å². The van der Waals surface area contributed by atoms with Crippen LogP contribution in [0.2, 0.25) is 0 Å². The third kappa shape index (κ3) is 2.00. The molecule has 0 aromatic heterocycles. The molecule has 1 saturated heterocycles. The molecule has 3 heteroatoms. The lowest BCUT2D eigenvalue weighted by Crippen LogP contribution is -2.50. The maximum Gasteiger partial charge on any atom is 0.411 e. The van der Waals surface area contributed by atoms with E-state index in [9.17, 15) is 4.79 Å². The summed E-state index contributed by atoms with van der Waals surface area (Å²) in [7, 11) is 0. The minimum Gasteiger partial charge on any atom is -0.438 e. The molecule has 2 aromatic rings. The Morgan fingerprint density at radius 3 is 2.64 bits per heavy atom. The summed E-state index contributed by atoms with van der Waals surface area (Å²) in [4.78, 5) is 14.4. The second kappa shape index (κ2) is 4.87. The Labute approximate surface area is 130 Å². The van der Waals surface area contributed by atoms with E-state index in [4.69, 9.17) is 4.74 Å². The molecule has 0 saturated carbocycles. The molecule has 1 amide bonds. The van der Waals surface area contributed by atoms with Gasteiger partial charge in [0.2, 0.25) is 0 Å². The first kappa shape index (κ1) is 13.4. The van der Waals surface area contributed by atoms with E-state index in [1.54, 1.807) is 0 Å². The Bertz CT molecular complexity index is 712. The van der Waals surface area contributed by atoms with Crippen LogP contribution in [0.3, 0.4) is 0 Å². The highest BCUT2D eigenvalue weighted by Gasteiger charge is 2.45. The van der Waals surface area contributed by atoms with Crippen molar-refractivity contribution >= 4 is 6.09 Å². The number of hydrogen-bond acceptors (Lipinski definition) is 2. The minimum absolute atomic E-state index is 0.108. The fraction of sp³-hybridized carbons (Fsp3) is 0.316. The van der Waals surface area contributed by atoms with Gasteiger partial charge in [0, 0.05) is 13.0 Å². The van der Waals surface area contributed by atoms with E-state index in [0.717, 1.165) is 24.9 Å². The Morgan fingerprint density at radius 1 is 1.09 bits per heavy atom. The van der Waals surface area contributed by atoms with Crippen LogP contribution in [0, 0.1) is 0 Å². The second-order valence-electron chi connectivity index (χ2n) is 6.33. The highest BCUT2D eigenvalue weighted by atomic mass is 16.6. The number of amides is 1. The van der Waals surface area contributed by atoms with Gasteiger partial charge in [-0.2, -0.15) is 0 Å². The van der Waals surface area contributed by atoms with Crippen molar-refractivity contribution in [1.82, 2.24) is 4.90 Å². The van der Waals surface area contributed by atoms with Gasteiger partial charge < -0.3 is 9.64 Å². The first-order valence-electron chi connectivity index (χ1n) is 7.80. The van der Waals surface area contributed by atoms with Gasteiger partial charge in [-0.05, 0) is 30.0 Å². The lowest BCUT2D eigenvalue weighted by molar-refractivity contribution is -0.0668. The lowest BCUT2D eigenvalue weighted by atomic mass is 9.81. The molecule has 0 unspecified atom stereocenters. The fourth-order valence-corrected chi connectivity index (χ4v) is 3.72. The molecule has 0 radical (unpaired) electrons. The number of benzene rings is 2. The smallest absolute Gasteiger partial charge is 0.411 e. The molecule has 2 atom stereocenters. The molecule has 0 aliphatic carbocycles. The van der Waals surface area contributed by atoms with Crippen molar-refractivity contribution < 1.29 is 9.53 Å². The van der Waals surface area contributed by atoms with Crippen molar-refractivity contribution in [2.45, 2.75) is 31.4 Å². The number of fused-ring (bicyclic) bond motifs is 3. The Kier molecular flexibility index (Phi) is 2.96. The standard InChI is InChI=1S/C19H19NO2/c1-19(15-8-3-2-4-9-15)13-17-16-10-6-5-7-14(16)11-12-20(17)18(21)22-19/h2-10,17H,11-13H2,1H3/t17-,19-/m1/s1. The maximum atomic E-state index is 12.5. The van der Waals surface area contributed by atoms with E-state index in [1.165, 1.54) is 11.1 Å². The van der Waals surface area contributed by atoms with E-state index in [2.05, 4.69) is 24.3 Å². The number of ether oxygens (including phenoxy) is 1. The van der Waals surface area contributed by atoms with E-state index in [1.807, 2.05) is 42.2 Å². The molecular weight excluding hydrogens is 274 g/mol. The monoisotopic (exact) mass is 293 g/mol. The summed E-state index contributed by atoms with van der Waals surface area (Å²) < 4.78 is 5.83. The summed E-state index contributed by atoms with van der Waals surface area (Å²) in [5.41, 5.74) is 3.12. The van der Waals surface area contributed by atoms with E-state index in [0.29, 0.717) is 0 Å². The normalized spacial score (nSPS) is 26.9. The molecule has 4 rings (SSSR count). The zero-order valence-electron chi connectivity index (χ0n) is 12.7. The SMILES string of the molecule is C[C@]1(c2ccccc2)C[C@@H]2c3ccccc3CCN2C(=O)O1. The van der Waals surface area contributed by atoms with Gasteiger partial charge in [0.15, 0.2) is 0 Å². The zero-order valence-corrected chi connectivity index (χ0v) is 12.7. The number of carbonyl (C=O) groups excluding carboxylic acids is 1. The van der Waals surface area contributed by atoms with Crippen molar-refractivity contribution in [2.24, 2.45) is 0 Å². The van der Waals surface area contributed by atoms with Crippen molar-refractivity contribution in [1.29, 1.82) is 0 Å². The zero-order chi connectivity index (χ0) is 15.2. The van der Waals surface area contributed by atoms with Crippen LogP contribution < -0.4 is 0 Å². The van der Waals surface area contributed by atoms with Crippen LogP contribution in [0.4, 0.5) is 4.79 Å². The third-order valence-corrected chi connectivity index (χ3v) is 4.93. The van der Waals surface area contributed by atoms with Gasteiger partial charge in [-0.3, -0.25) is 0 Å². The van der Waals surface area contributed by atoms with Crippen LogP contribution >= 0.6 is 0 Å². The maximum absolute atomic E-state index is 12.5. The molecule has 0 spiro atoms. The molecule has 1 fully saturated rings. The highest BCUT2D eigenvalue weighted by molar-refractivity contribution is 5.71. The number of carbonyl (C=O) groups is 1. The summed E-state index contributed by atoms with van der Waals surface area (Å²) in [6.07, 6.45) is 1.50. The summed E-state index contributed by atoms with van der Waals surface area (Å²) in [6.45, 7) is 2.76. The summed E-state index contributed by atoms with van der Waals surface area (Å²) in [5, 5.41) is 0. The quantitative estimate of drug-likeness (QED) is 0.794. The number of rotatable bonds is 1. The van der Waals surface area contributed by atoms with Gasteiger partial charge in [-0.1, -0.05) is 54.6 Å². The van der Waals surface area contributed by atoms with Gasteiger partial charge in [-0.25, -0.2) is 4.79 Å². The lowest BCUT2D eigenvalue weighted by Gasteiger charge is -2.47. The molecule has 3 nitrogen and oxygen atoms in total. The first-order chi connectivity index (χ1) is 10.7. The van der Waals surface area contributed by atoms with Gasteiger partial charge in [0.05, 0.1) is 6.04 Å². The Morgan fingerprint density at radius 2 is 1.82 bits per heavy atom.